The van der Waals surface area contributed by atoms with Crippen molar-refractivity contribution < 1.29 is 14.5 Å². The average molecular weight is 577 g/mol. The number of fused-ring (bicyclic) bond motifs is 2. The molecule has 0 bridgehead atoms. The van der Waals surface area contributed by atoms with Gasteiger partial charge in [0.05, 0.1) is 5.92 Å². The molecule has 0 aromatic heterocycles. The number of carbonyl (C=O) groups excluding carboxylic acids is 1. The Kier molecular flexibility index (Phi) is 6.25. The third-order valence-corrected chi connectivity index (χ3v) is 7.89. The number of ether oxygens (including phenoxy) is 1. The number of rotatable bonds is 5. The molecule has 1 amide bonds. The van der Waals surface area contributed by atoms with Gasteiger partial charge in [-0.2, -0.15) is 0 Å². The molecule has 0 unspecified atom stereocenters. The Labute approximate surface area is 220 Å². The highest BCUT2D eigenvalue weighted by Crippen LogP contribution is 2.53. The summed E-state index contributed by atoms with van der Waals surface area (Å²) in [5.74, 6) is -0.510. The van der Waals surface area contributed by atoms with Crippen LogP contribution in [0.2, 0.25) is 10.0 Å². The number of nitro groups is 1. The van der Waals surface area contributed by atoms with Crippen molar-refractivity contribution in [2.45, 2.75) is 24.1 Å². The highest BCUT2D eigenvalue weighted by Gasteiger charge is 2.68. The molecule has 3 atom stereocenters. The van der Waals surface area contributed by atoms with Crippen LogP contribution in [0.15, 0.2) is 65.1 Å². The lowest BCUT2D eigenvalue weighted by Gasteiger charge is -2.30. The number of halogens is 3. The van der Waals surface area contributed by atoms with E-state index in [-0.39, 0.29) is 11.5 Å². The van der Waals surface area contributed by atoms with Gasteiger partial charge in [-0.1, -0.05) is 63.4 Å². The zero-order valence-electron chi connectivity index (χ0n) is 18.5. The highest BCUT2D eigenvalue weighted by atomic mass is 79.9. The Morgan fingerprint density at radius 2 is 1.97 bits per heavy atom. The lowest BCUT2D eigenvalue weighted by molar-refractivity contribution is -0.534. The van der Waals surface area contributed by atoms with Gasteiger partial charge < -0.3 is 10.1 Å². The number of anilines is 1. The summed E-state index contributed by atoms with van der Waals surface area (Å²) in [5, 5.41) is 16.5. The van der Waals surface area contributed by atoms with Crippen LogP contribution in [-0.2, 0) is 16.9 Å². The van der Waals surface area contributed by atoms with E-state index in [1.807, 2.05) is 12.1 Å². The van der Waals surface area contributed by atoms with Gasteiger partial charge in [-0.3, -0.25) is 19.8 Å². The van der Waals surface area contributed by atoms with Crippen LogP contribution in [0, 0.1) is 10.1 Å². The minimum absolute atomic E-state index is 0.158. The van der Waals surface area contributed by atoms with Crippen molar-refractivity contribution >= 4 is 50.7 Å². The third kappa shape index (κ3) is 3.89. The number of carbonyl (C=O) groups is 1. The van der Waals surface area contributed by atoms with Gasteiger partial charge in [0, 0.05) is 48.4 Å². The molecule has 3 aromatic rings. The van der Waals surface area contributed by atoms with Crippen molar-refractivity contribution in [3.05, 3.63) is 102 Å². The van der Waals surface area contributed by atoms with Gasteiger partial charge in [0.25, 0.3) is 11.9 Å². The summed E-state index contributed by atoms with van der Waals surface area (Å²) in [6, 6.07) is 16.5. The summed E-state index contributed by atoms with van der Waals surface area (Å²) in [6.07, 6.45) is 0. The largest absolute Gasteiger partial charge is 0.489 e. The van der Waals surface area contributed by atoms with E-state index in [2.05, 4.69) is 21.2 Å². The standard InChI is InChI=1S/C25H20BrCl2N3O4/c1-30-12-18(23(31(33)34)25(30)19-4-2-3-5-21(19)29-24(25)32)17-10-15(26)7-9-22(17)35-13-14-6-8-16(27)11-20(14)28/h2-11,18,23H,12-13H2,1H3,(H,29,32)/t18-,23+,25-/m1/s1. The number of likely N-dealkylation sites (tertiary alicyclic amines) is 1. The third-order valence-electron chi connectivity index (χ3n) is 6.81. The van der Waals surface area contributed by atoms with Crippen LogP contribution < -0.4 is 10.1 Å². The Morgan fingerprint density at radius 3 is 2.71 bits per heavy atom. The quantitative estimate of drug-likeness (QED) is 0.304. The Balaban J connectivity index is 1.57. The first-order valence-electron chi connectivity index (χ1n) is 10.9. The maximum absolute atomic E-state index is 13.4. The van der Waals surface area contributed by atoms with Gasteiger partial charge in [0.2, 0.25) is 0 Å². The lowest BCUT2D eigenvalue weighted by atomic mass is 9.79. The van der Waals surface area contributed by atoms with Gasteiger partial charge in [-0.25, -0.2) is 0 Å². The number of amides is 1. The smallest absolute Gasteiger partial charge is 0.256 e. The first-order valence-corrected chi connectivity index (χ1v) is 12.4. The molecular weight excluding hydrogens is 557 g/mol. The molecule has 5 rings (SSSR count). The van der Waals surface area contributed by atoms with Crippen LogP contribution in [0.4, 0.5) is 5.69 Å². The summed E-state index contributed by atoms with van der Waals surface area (Å²) in [7, 11) is 1.75. The molecule has 1 spiro atoms. The maximum Gasteiger partial charge on any atom is 0.256 e. The zero-order chi connectivity index (χ0) is 24.9. The molecule has 1 N–H and O–H groups in total. The first kappa shape index (κ1) is 24.1. The molecule has 3 aromatic carbocycles. The molecule has 0 aliphatic carbocycles. The van der Waals surface area contributed by atoms with Gasteiger partial charge in [-0.15, -0.1) is 0 Å². The van der Waals surface area contributed by atoms with Crippen LogP contribution in [0.25, 0.3) is 0 Å². The fourth-order valence-electron chi connectivity index (χ4n) is 5.30. The van der Waals surface area contributed by atoms with Crippen molar-refractivity contribution in [2.75, 3.05) is 18.9 Å². The number of para-hydroxylation sites is 1. The number of nitrogens with one attached hydrogen (secondary N) is 1. The molecule has 0 saturated carbocycles. The molecule has 2 heterocycles. The molecule has 0 radical (unpaired) electrons. The van der Waals surface area contributed by atoms with E-state index in [0.717, 1.165) is 10.0 Å². The Bertz CT molecular complexity index is 1350. The molecule has 180 valence electrons. The fraction of sp³-hybridized carbons (Fsp3) is 0.240. The van der Waals surface area contributed by atoms with Crippen molar-refractivity contribution in [3.8, 4) is 5.75 Å². The monoisotopic (exact) mass is 575 g/mol. The molecule has 1 fully saturated rings. The van der Waals surface area contributed by atoms with E-state index in [4.69, 9.17) is 27.9 Å². The lowest BCUT2D eigenvalue weighted by Crippen LogP contribution is -2.54. The average Bonchev–Trinajstić information content (AvgIpc) is 3.29. The van der Waals surface area contributed by atoms with E-state index in [0.29, 0.717) is 39.2 Å². The predicted molar refractivity (Wildman–Crippen MR) is 138 cm³/mol. The van der Waals surface area contributed by atoms with Gasteiger partial charge >= 0.3 is 0 Å². The summed E-state index contributed by atoms with van der Waals surface area (Å²) in [5.41, 5.74) is 1.16. The molecule has 10 heteroatoms. The molecule has 7 nitrogen and oxygen atoms in total. The van der Waals surface area contributed by atoms with E-state index < -0.39 is 23.4 Å². The van der Waals surface area contributed by atoms with Gasteiger partial charge in [-0.05, 0) is 43.4 Å². The van der Waals surface area contributed by atoms with E-state index in [1.165, 1.54) is 0 Å². The number of benzene rings is 3. The SMILES string of the molecule is CN1C[C@H](c2cc(Br)ccc2OCc2ccc(Cl)cc2Cl)[C@H]([N+](=O)[O-])[C@]12C(=O)Nc1ccccc12. The molecule has 1 saturated heterocycles. The number of likely N-dealkylation sites (N-methyl/N-ethyl adjacent to an activating group) is 1. The molecule has 2 aliphatic heterocycles. The molecule has 35 heavy (non-hydrogen) atoms. The van der Waals surface area contributed by atoms with Gasteiger partial charge in [0.15, 0.2) is 5.54 Å². The minimum atomic E-state index is -1.43. The number of hydrogen-bond donors (Lipinski definition) is 1. The predicted octanol–water partition coefficient (Wildman–Crippen LogP) is 5.86. The highest BCUT2D eigenvalue weighted by molar-refractivity contribution is 9.10. The Hall–Kier alpha value is -2.65. The summed E-state index contributed by atoms with van der Waals surface area (Å²) < 4.78 is 6.89. The van der Waals surface area contributed by atoms with Crippen molar-refractivity contribution in [3.63, 3.8) is 0 Å². The summed E-state index contributed by atoms with van der Waals surface area (Å²) >= 11 is 15.8. The van der Waals surface area contributed by atoms with E-state index in [1.54, 1.807) is 60.5 Å². The summed E-state index contributed by atoms with van der Waals surface area (Å²) in [4.78, 5) is 27.4. The van der Waals surface area contributed by atoms with Crippen LogP contribution >= 0.6 is 39.1 Å². The maximum atomic E-state index is 13.4. The van der Waals surface area contributed by atoms with Crippen molar-refractivity contribution in [1.29, 1.82) is 0 Å². The topological polar surface area (TPSA) is 84.7 Å². The Morgan fingerprint density at radius 1 is 1.20 bits per heavy atom. The zero-order valence-corrected chi connectivity index (χ0v) is 21.6. The molecule has 2 aliphatic rings. The van der Waals surface area contributed by atoms with E-state index >= 15 is 0 Å². The normalized spacial score (nSPS) is 23.4. The van der Waals surface area contributed by atoms with Crippen molar-refractivity contribution in [2.24, 2.45) is 0 Å². The summed E-state index contributed by atoms with van der Waals surface area (Å²) in [6.45, 7) is 0.451. The van der Waals surface area contributed by atoms with E-state index in [9.17, 15) is 14.9 Å². The van der Waals surface area contributed by atoms with Crippen LogP contribution in [0.3, 0.4) is 0 Å². The van der Waals surface area contributed by atoms with Gasteiger partial charge in [0.1, 0.15) is 12.4 Å². The van der Waals surface area contributed by atoms with Crippen LogP contribution in [0.1, 0.15) is 22.6 Å². The van der Waals surface area contributed by atoms with Crippen molar-refractivity contribution in [1.82, 2.24) is 4.90 Å². The van der Waals surface area contributed by atoms with Crippen LogP contribution in [0.5, 0.6) is 5.75 Å². The fourth-order valence-corrected chi connectivity index (χ4v) is 6.14. The second-order valence-electron chi connectivity index (χ2n) is 8.69. The number of hydrogen-bond acceptors (Lipinski definition) is 5. The number of nitrogens with zero attached hydrogens (tertiary/aromatic N) is 2. The van der Waals surface area contributed by atoms with Crippen LogP contribution in [-0.4, -0.2) is 35.4 Å². The minimum Gasteiger partial charge on any atom is -0.489 e. The molecular formula is C25H20BrCl2N3O4. The second kappa shape index (κ2) is 9.09. The second-order valence-corrected chi connectivity index (χ2v) is 10.4. The first-order chi connectivity index (χ1) is 16.7.